The number of aliphatic carboxylic acids is 1. The molecule has 0 radical (unpaired) electrons. The average Bonchev–Trinajstić information content (AvgIpc) is 2.27. The highest BCUT2D eigenvalue weighted by molar-refractivity contribution is 7.89. The fourth-order valence-electron chi connectivity index (χ4n) is 1.24. The number of nitrogens with zero attached hydrogens (tertiary/aromatic N) is 1. The molecule has 0 atom stereocenters. The van der Waals surface area contributed by atoms with Crippen molar-refractivity contribution in [3.63, 3.8) is 0 Å². The van der Waals surface area contributed by atoms with Crippen molar-refractivity contribution >= 4 is 21.7 Å². The Morgan fingerprint density at radius 2 is 2.00 bits per heavy atom. The molecule has 0 saturated heterocycles. The molecule has 0 unspecified atom stereocenters. The molecule has 0 heterocycles. The van der Waals surface area contributed by atoms with E-state index in [1.54, 1.807) is 0 Å². The second-order valence-electron chi connectivity index (χ2n) is 4.41. The molecular formula is C10H11FN2O6S. The van der Waals surface area contributed by atoms with Crippen molar-refractivity contribution in [3.8, 4) is 0 Å². The highest BCUT2D eigenvalue weighted by atomic mass is 32.2. The Morgan fingerprint density at radius 1 is 1.45 bits per heavy atom. The summed E-state index contributed by atoms with van der Waals surface area (Å²) in [4.78, 5) is 19.7. The van der Waals surface area contributed by atoms with Crippen LogP contribution in [0.4, 0.5) is 10.1 Å². The predicted molar refractivity (Wildman–Crippen MR) is 65.1 cm³/mol. The van der Waals surface area contributed by atoms with Crippen LogP contribution in [0.3, 0.4) is 0 Å². The number of halogens is 1. The smallest absolute Gasteiger partial charge is 0.324 e. The average molecular weight is 306 g/mol. The summed E-state index contributed by atoms with van der Waals surface area (Å²) in [7, 11) is -4.34. The third kappa shape index (κ3) is 3.27. The molecule has 0 aliphatic heterocycles. The molecule has 1 aromatic carbocycles. The molecule has 0 aliphatic carbocycles. The first-order valence-electron chi connectivity index (χ1n) is 5.19. The van der Waals surface area contributed by atoms with E-state index < -0.39 is 42.9 Å². The van der Waals surface area contributed by atoms with Crippen LogP contribution in [0.15, 0.2) is 23.1 Å². The highest BCUT2D eigenvalue weighted by Crippen LogP contribution is 2.22. The quantitative estimate of drug-likeness (QED) is 0.614. The van der Waals surface area contributed by atoms with E-state index in [0.717, 1.165) is 19.9 Å². The molecule has 0 bridgehead atoms. The Labute approximate surface area is 113 Å². The van der Waals surface area contributed by atoms with Gasteiger partial charge >= 0.3 is 11.7 Å². The molecular weight excluding hydrogens is 295 g/mol. The Morgan fingerprint density at radius 3 is 2.45 bits per heavy atom. The Kier molecular flexibility index (Phi) is 4.10. The standard InChI is InChI=1S/C10H11FN2O6S/c1-10(2,9(14)15)12-20(18,19)6-3-4-7(11)8(5-6)13(16)17/h3-5,12H,1-2H3,(H,14,15). The third-order valence-corrected chi connectivity index (χ3v) is 4.00. The van der Waals surface area contributed by atoms with Gasteiger partial charge in [-0.15, -0.1) is 0 Å². The molecule has 0 aromatic heterocycles. The number of nitrogens with one attached hydrogen (secondary N) is 1. The van der Waals surface area contributed by atoms with Crippen molar-refractivity contribution < 1.29 is 27.6 Å². The molecule has 10 heteroatoms. The summed E-state index contributed by atoms with van der Waals surface area (Å²) in [6.45, 7) is 2.20. The molecule has 0 saturated carbocycles. The number of nitro groups is 1. The molecule has 0 amide bonds. The monoisotopic (exact) mass is 306 g/mol. The van der Waals surface area contributed by atoms with Crippen LogP contribution in [0.5, 0.6) is 0 Å². The van der Waals surface area contributed by atoms with Gasteiger partial charge in [-0.1, -0.05) is 0 Å². The zero-order valence-electron chi connectivity index (χ0n) is 10.5. The lowest BCUT2D eigenvalue weighted by atomic mass is 10.1. The van der Waals surface area contributed by atoms with Gasteiger partial charge in [0.05, 0.1) is 9.82 Å². The van der Waals surface area contributed by atoms with Crippen LogP contribution < -0.4 is 4.72 Å². The molecule has 20 heavy (non-hydrogen) atoms. The summed E-state index contributed by atoms with van der Waals surface area (Å²) in [6, 6.07) is 1.96. The molecule has 110 valence electrons. The summed E-state index contributed by atoms with van der Waals surface area (Å²) in [6.07, 6.45) is 0. The number of hydrogen-bond acceptors (Lipinski definition) is 5. The molecule has 8 nitrogen and oxygen atoms in total. The second-order valence-corrected chi connectivity index (χ2v) is 6.09. The molecule has 0 fully saturated rings. The van der Waals surface area contributed by atoms with Gasteiger partial charge in [-0.3, -0.25) is 14.9 Å². The van der Waals surface area contributed by atoms with Gasteiger partial charge in [0.1, 0.15) is 5.54 Å². The van der Waals surface area contributed by atoms with Crippen LogP contribution >= 0.6 is 0 Å². The summed E-state index contributed by atoms with van der Waals surface area (Å²) < 4.78 is 38.8. The van der Waals surface area contributed by atoms with Crippen LogP contribution in [-0.2, 0) is 14.8 Å². The van der Waals surface area contributed by atoms with Crippen LogP contribution in [0.1, 0.15) is 13.8 Å². The number of hydrogen-bond donors (Lipinski definition) is 2. The van der Waals surface area contributed by atoms with Gasteiger partial charge < -0.3 is 5.11 Å². The number of carbonyl (C=O) groups is 1. The van der Waals surface area contributed by atoms with Gasteiger partial charge in [0.15, 0.2) is 0 Å². The minimum absolute atomic E-state index is 0.523. The van der Waals surface area contributed by atoms with Crippen molar-refractivity contribution in [1.29, 1.82) is 0 Å². The van der Waals surface area contributed by atoms with Crippen molar-refractivity contribution in [2.75, 3.05) is 0 Å². The lowest BCUT2D eigenvalue weighted by Crippen LogP contribution is -2.49. The van der Waals surface area contributed by atoms with E-state index in [1.165, 1.54) is 0 Å². The minimum atomic E-state index is -4.34. The Bertz CT molecular complexity index is 670. The zero-order chi connectivity index (χ0) is 15.7. The van der Waals surface area contributed by atoms with Gasteiger partial charge in [0.2, 0.25) is 15.8 Å². The first-order chi connectivity index (χ1) is 8.97. The topological polar surface area (TPSA) is 127 Å². The SMILES string of the molecule is CC(C)(NS(=O)(=O)c1ccc(F)c([N+](=O)[O-])c1)C(=O)O. The normalized spacial score (nSPS) is 12.2. The van der Waals surface area contributed by atoms with E-state index in [0.29, 0.717) is 12.1 Å². The third-order valence-electron chi connectivity index (χ3n) is 2.35. The van der Waals surface area contributed by atoms with Gasteiger partial charge in [0, 0.05) is 6.07 Å². The number of sulfonamides is 1. The van der Waals surface area contributed by atoms with Gasteiger partial charge in [-0.25, -0.2) is 8.42 Å². The number of nitro benzene ring substituents is 1. The van der Waals surface area contributed by atoms with E-state index in [9.17, 15) is 27.7 Å². The van der Waals surface area contributed by atoms with E-state index in [4.69, 9.17) is 5.11 Å². The minimum Gasteiger partial charge on any atom is -0.480 e. The van der Waals surface area contributed by atoms with Gasteiger partial charge in [-0.05, 0) is 26.0 Å². The number of carboxylic acid groups (broad SMARTS) is 1. The van der Waals surface area contributed by atoms with Crippen LogP contribution in [0.2, 0.25) is 0 Å². The van der Waals surface area contributed by atoms with Crippen molar-refractivity contribution in [2.24, 2.45) is 0 Å². The van der Waals surface area contributed by atoms with E-state index in [1.807, 2.05) is 4.72 Å². The molecule has 2 N–H and O–H groups in total. The fourth-order valence-corrected chi connectivity index (χ4v) is 2.63. The number of benzene rings is 1. The zero-order valence-corrected chi connectivity index (χ0v) is 11.3. The largest absolute Gasteiger partial charge is 0.480 e. The molecule has 0 spiro atoms. The van der Waals surface area contributed by atoms with E-state index in [-0.39, 0.29) is 0 Å². The van der Waals surface area contributed by atoms with Crippen molar-refractivity contribution in [1.82, 2.24) is 4.72 Å². The second kappa shape index (κ2) is 5.13. The molecule has 1 aromatic rings. The van der Waals surface area contributed by atoms with Crippen LogP contribution in [0, 0.1) is 15.9 Å². The van der Waals surface area contributed by atoms with Crippen molar-refractivity contribution in [2.45, 2.75) is 24.3 Å². The maximum Gasteiger partial charge on any atom is 0.324 e. The first kappa shape index (κ1) is 16.0. The number of carboxylic acids is 1. The van der Waals surface area contributed by atoms with Gasteiger partial charge in [0.25, 0.3) is 0 Å². The predicted octanol–water partition coefficient (Wildman–Crippen LogP) is 0.875. The highest BCUT2D eigenvalue weighted by Gasteiger charge is 2.33. The lowest BCUT2D eigenvalue weighted by Gasteiger charge is -2.20. The summed E-state index contributed by atoms with van der Waals surface area (Å²) >= 11 is 0. The molecule has 0 aliphatic rings. The number of rotatable bonds is 5. The first-order valence-corrected chi connectivity index (χ1v) is 6.67. The fraction of sp³-hybridized carbons (Fsp3) is 0.300. The summed E-state index contributed by atoms with van der Waals surface area (Å²) in [5, 5.41) is 19.4. The maximum absolute atomic E-state index is 13.1. The van der Waals surface area contributed by atoms with Crippen LogP contribution in [0.25, 0.3) is 0 Å². The van der Waals surface area contributed by atoms with Gasteiger partial charge in [-0.2, -0.15) is 9.11 Å². The maximum atomic E-state index is 13.1. The lowest BCUT2D eigenvalue weighted by molar-refractivity contribution is -0.387. The van der Waals surface area contributed by atoms with E-state index in [2.05, 4.69) is 0 Å². The van der Waals surface area contributed by atoms with Crippen molar-refractivity contribution in [3.05, 3.63) is 34.1 Å². The summed E-state index contributed by atoms with van der Waals surface area (Å²) in [5.41, 5.74) is -2.83. The Hall–Kier alpha value is -2.07. The summed E-state index contributed by atoms with van der Waals surface area (Å²) in [5.74, 6) is -2.62. The van der Waals surface area contributed by atoms with E-state index >= 15 is 0 Å². The van der Waals surface area contributed by atoms with Crippen LogP contribution in [-0.4, -0.2) is 30.0 Å². The molecule has 1 rings (SSSR count). The Balaban J connectivity index is 3.27.